The lowest BCUT2D eigenvalue weighted by molar-refractivity contribution is -0.145. The smallest absolute Gasteiger partial charge is 0.325 e. The molecule has 0 aliphatic heterocycles. The number of carbonyl (C=O) groups is 4. The number of hydrogen-bond acceptors (Lipinski definition) is 7. The SMILES string of the molecule is CCOC(=O)CNC(=O)C(O)[C@H](COCc1ccccc1)NC(=O)[C@H](CC1CCCCC1)NC(=O)C1(C)CC1. The maximum Gasteiger partial charge on any atom is 0.325 e. The minimum absolute atomic E-state index is 0.150. The Morgan fingerprint density at radius 3 is 2.36 bits per heavy atom. The number of aliphatic hydroxyl groups excluding tert-OH is 1. The summed E-state index contributed by atoms with van der Waals surface area (Å²) in [5, 5.41) is 18.9. The first kappa shape index (κ1) is 30.6. The summed E-state index contributed by atoms with van der Waals surface area (Å²) in [5.41, 5.74) is 0.444. The van der Waals surface area contributed by atoms with E-state index in [-0.39, 0.29) is 25.7 Å². The fourth-order valence-electron chi connectivity index (χ4n) is 4.77. The van der Waals surface area contributed by atoms with Crippen molar-refractivity contribution < 1.29 is 33.8 Å². The molecule has 0 saturated heterocycles. The first-order valence-corrected chi connectivity index (χ1v) is 14.1. The highest BCUT2D eigenvalue weighted by Crippen LogP contribution is 2.45. The molecule has 2 saturated carbocycles. The zero-order chi connectivity index (χ0) is 28.3. The molecule has 1 unspecified atom stereocenters. The third kappa shape index (κ3) is 9.93. The number of hydrogen-bond donors (Lipinski definition) is 4. The van der Waals surface area contributed by atoms with Gasteiger partial charge in [0.15, 0.2) is 6.10 Å². The van der Waals surface area contributed by atoms with E-state index in [1.807, 2.05) is 37.3 Å². The van der Waals surface area contributed by atoms with E-state index in [2.05, 4.69) is 16.0 Å². The third-order valence-electron chi connectivity index (χ3n) is 7.56. The lowest BCUT2D eigenvalue weighted by Crippen LogP contribution is -2.58. The second kappa shape index (κ2) is 15.0. The Hall–Kier alpha value is -2.98. The van der Waals surface area contributed by atoms with Gasteiger partial charge in [-0.15, -0.1) is 0 Å². The maximum absolute atomic E-state index is 13.5. The van der Waals surface area contributed by atoms with E-state index in [1.165, 1.54) is 6.42 Å². The fraction of sp³-hybridized carbons (Fsp3) is 0.655. The monoisotopic (exact) mass is 545 g/mol. The number of rotatable bonds is 15. The van der Waals surface area contributed by atoms with Crippen LogP contribution in [0.4, 0.5) is 0 Å². The number of carbonyl (C=O) groups excluding carboxylic acids is 4. The molecule has 0 radical (unpaired) electrons. The molecule has 2 fully saturated rings. The van der Waals surface area contributed by atoms with Crippen LogP contribution in [0.15, 0.2) is 30.3 Å². The summed E-state index contributed by atoms with van der Waals surface area (Å²) < 4.78 is 10.6. The summed E-state index contributed by atoms with van der Waals surface area (Å²) in [7, 11) is 0. The van der Waals surface area contributed by atoms with Gasteiger partial charge in [0, 0.05) is 5.41 Å². The molecule has 216 valence electrons. The van der Waals surface area contributed by atoms with Gasteiger partial charge in [0.2, 0.25) is 11.8 Å². The van der Waals surface area contributed by atoms with E-state index >= 15 is 0 Å². The van der Waals surface area contributed by atoms with Crippen molar-refractivity contribution in [3.05, 3.63) is 35.9 Å². The molecule has 2 aliphatic rings. The van der Waals surface area contributed by atoms with Crippen LogP contribution in [0.5, 0.6) is 0 Å². The highest BCUT2D eigenvalue weighted by atomic mass is 16.5. The van der Waals surface area contributed by atoms with E-state index < -0.39 is 47.9 Å². The minimum Gasteiger partial charge on any atom is -0.465 e. The van der Waals surface area contributed by atoms with Crippen LogP contribution in [0.2, 0.25) is 0 Å². The first-order valence-electron chi connectivity index (χ1n) is 14.1. The van der Waals surface area contributed by atoms with Crippen molar-refractivity contribution in [3.8, 4) is 0 Å². The first-order chi connectivity index (χ1) is 18.7. The lowest BCUT2D eigenvalue weighted by Gasteiger charge is -2.30. The molecular weight excluding hydrogens is 502 g/mol. The van der Waals surface area contributed by atoms with Crippen molar-refractivity contribution in [3.63, 3.8) is 0 Å². The Bertz CT molecular complexity index is 961. The molecule has 3 rings (SSSR count). The van der Waals surface area contributed by atoms with Crippen molar-refractivity contribution in [1.29, 1.82) is 0 Å². The molecule has 3 amide bonds. The molecule has 0 spiro atoms. The van der Waals surface area contributed by atoms with Crippen LogP contribution in [0.25, 0.3) is 0 Å². The molecule has 39 heavy (non-hydrogen) atoms. The van der Waals surface area contributed by atoms with Crippen LogP contribution < -0.4 is 16.0 Å². The molecular formula is C29H43N3O7. The Balaban J connectivity index is 1.68. The molecule has 0 bridgehead atoms. The van der Waals surface area contributed by atoms with Gasteiger partial charge in [-0.05, 0) is 37.7 Å². The highest BCUT2D eigenvalue weighted by molar-refractivity contribution is 5.92. The van der Waals surface area contributed by atoms with Gasteiger partial charge in [0.25, 0.3) is 5.91 Å². The molecule has 1 aromatic carbocycles. The second-order valence-electron chi connectivity index (χ2n) is 10.9. The Kier molecular flexibility index (Phi) is 11.7. The number of nitrogens with one attached hydrogen (secondary N) is 3. The average molecular weight is 546 g/mol. The van der Waals surface area contributed by atoms with Crippen molar-refractivity contribution in [1.82, 2.24) is 16.0 Å². The molecule has 4 N–H and O–H groups in total. The quantitative estimate of drug-likeness (QED) is 0.247. The maximum atomic E-state index is 13.5. The van der Waals surface area contributed by atoms with Crippen LogP contribution in [-0.2, 0) is 35.3 Å². The normalized spacial score (nSPS) is 18.7. The van der Waals surface area contributed by atoms with Gasteiger partial charge < -0.3 is 30.5 Å². The number of aliphatic hydroxyl groups is 1. The Labute approximate surface area is 230 Å². The predicted octanol–water partition coefficient (Wildman–Crippen LogP) is 1.98. The van der Waals surface area contributed by atoms with Gasteiger partial charge in [0.05, 0.1) is 25.9 Å². The van der Waals surface area contributed by atoms with E-state index in [9.17, 15) is 24.3 Å². The molecule has 3 atom stereocenters. The Morgan fingerprint density at radius 2 is 1.72 bits per heavy atom. The molecule has 10 heteroatoms. The van der Waals surface area contributed by atoms with Crippen LogP contribution in [-0.4, -0.2) is 66.7 Å². The van der Waals surface area contributed by atoms with Gasteiger partial charge >= 0.3 is 5.97 Å². The lowest BCUT2D eigenvalue weighted by atomic mass is 9.84. The molecule has 1 aromatic rings. The Morgan fingerprint density at radius 1 is 1.03 bits per heavy atom. The standard InChI is InChI=1S/C29H43N3O7/c1-3-39-24(33)17-30-27(36)25(34)23(19-38-18-21-12-8-5-9-13-21)31-26(35)22(16-20-10-6-4-7-11-20)32-28(37)29(2)14-15-29/h5,8-9,12-13,20,22-23,25,34H,3-4,6-7,10-11,14-19H2,1-2H3,(H,30,36)(H,31,35)(H,32,37)/t22-,23-,25?/m0/s1. The van der Waals surface area contributed by atoms with Crippen molar-refractivity contribution in [2.24, 2.45) is 11.3 Å². The fourth-order valence-corrected chi connectivity index (χ4v) is 4.77. The average Bonchev–Trinajstić information content (AvgIpc) is 3.70. The largest absolute Gasteiger partial charge is 0.465 e. The topological polar surface area (TPSA) is 143 Å². The zero-order valence-electron chi connectivity index (χ0n) is 23.1. The number of esters is 1. The molecule has 0 heterocycles. The van der Waals surface area contributed by atoms with E-state index in [0.29, 0.717) is 12.3 Å². The van der Waals surface area contributed by atoms with Crippen molar-refractivity contribution in [2.45, 2.75) is 90.0 Å². The third-order valence-corrected chi connectivity index (χ3v) is 7.56. The van der Waals surface area contributed by atoms with E-state index in [4.69, 9.17) is 9.47 Å². The van der Waals surface area contributed by atoms with Gasteiger partial charge in [-0.25, -0.2) is 0 Å². The minimum atomic E-state index is -1.69. The summed E-state index contributed by atoms with van der Waals surface area (Å²) >= 11 is 0. The molecule has 0 aromatic heterocycles. The summed E-state index contributed by atoms with van der Waals surface area (Å²) in [6.07, 6.45) is 5.74. The number of amides is 3. The van der Waals surface area contributed by atoms with Crippen molar-refractivity contribution >= 4 is 23.7 Å². The second-order valence-corrected chi connectivity index (χ2v) is 10.9. The van der Waals surface area contributed by atoms with Gasteiger partial charge in [0.1, 0.15) is 12.6 Å². The van der Waals surface area contributed by atoms with Crippen LogP contribution >= 0.6 is 0 Å². The summed E-state index contributed by atoms with van der Waals surface area (Å²) in [6, 6.07) is 7.49. The van der Waals surface area contributed by atoms with Crippen LogP contribution in [0, 0.1) is 11.3 Å². The summed E-state index contributed by atoms with van der Waals surface area (Å²) in [6.45, 7) is 3.35. The van der Waals surface area contributed by atoms with E-state index in [1.54, 1.807) is 6.92 Å². The summed E-state index contributed by atoms with van der Waals surface area (Å²) in [4.78, 5) is 50.7. The van der Waals surface area contributed by atoms with Gasteiger partial charge in [-0.1, -0.05) is 69.4 Å². The summed E-state index contributed by atoms with van der Waals surface area (Å²) in [5.74, 6) is -1.78. The van der Waals surface area contributed by atoms with Crippen LogP contribution in [0.1, 0.15) is 70.8 Å². The van der Waals surface area contributed by atoms with Crippen LogP contribution in [0.3, 0.4) is 0 Å². The number of benzene rings is 1. The highest BCUT2D eigenvalue weighted by Gasteiger charge is 2.46. The van der Waals surface area contributed by atoms with Crippen molar-refractivity contribution in [2.75, 3.05) is 19.8 Å². The van der Waals surface area contributed by atoms with Gasteiger partial charge in [-0.3, -0.25) is 19.2 Å². The van der Waals surface area contributed by atoms with Gasteiger partial charge in [-0.2, -0.15) is 0 Å². The molecule has 10 nitrogen and oxygen atoms in total. The molecule has 2 aliphatic carbocycles. The number of ether oxygens (including phenoxy) is 2. The van der Waals surface area contributed by atoms with E-state index in [0.717, 1.165) is 44.1 Å². The zero-order valence-corrected chi connectivity index (χ0v) is 23.1. The predicted molar refractivity (Wildman–Crippen MR) is 144 cm³/mol.